The standard InChI is InChI=1S/C12H15IN4/c1-2-7-14-8-11-9-17(16-15-11)12-5-3-10(13)4-6-12/h3-6,9,14H,2,7-8H2,1H3. The van der Waals surface area contributed by atoms with Gasteiger partial charge in [-0.25, -0.2) is 4.68 Å². The minimum atomic E-state index is 0.776. The average molecular weight is 342 g/mol. The van der Waals surface area contributed by atoms with E-state index in [0.29, 0.717) is 0 Å². The van der Waals surface area contributed by atoms with Crippen LogP contribution < -0.4 is 5.32 Å². The normalized spacial score (nSPS) is 10.7. The van der Waals surface area contributed by atoms with E-state index in [1.165, 1.54) is 3.57 Å². The first kappa shape index (κ1) is 12.5. The molecule has 0 radical (unpaired) electrons. The molecule has 17 heavy (non-hydrogen) atoms. The van der Waals surface area contributed by atoms with Crippen molar-refractivity contribution in [2.75, 3.05) is 6.54 Å². The van der Waals surface area contributed by atoms with Crippen LogP contribution in [0.5, 0.6) is 0 Å². The van der Waals surface area contributed by atoms with Gasteiger partial charge in [0.15, 0.2) is 0 Å². The van der Waals surface area contributed by atoms with Crippen LogP contribution in [0.15, 0.2) is 30.5 Å². The number of benzene rings is 1. The summed E-state index contributed by atoms with van der Waals surface area (Å²) < 4.78 is 3.02. The zero-order valence-electron chi connectivity index (χ0n) is 9.73. The molecular formula is C12H15IN4. The number of hydrogen-bond donors (Lipinski definition) is 1. The fraction of sp³-hybridized carbons (Fsp3) is 0.333. The maximum atomic E-state index is 4.14. The zero-order chi connectivity index (χ0) is 12.1. The van der Waals surface area contributed by atoms with Crippen molar-refractivity contribution in [1.82, 2.24) is 20.3 Å². The Kier molecular flexibility index (Phi) is 4.49. The molecule has 0 aliphatic carbocycles. The second-order valence-corrected chi connectivity index (χ2v) is 5.05. The first-order valence-corrected chi connectivity index (χ1v) is 6.75. The van der Waals surface area contributed by atoms with Crippen LogP contribution in [0.3, 0.4) is 0 Å². The Morgan fingerprint density at radius 3 is 2.76 bits per heavy atom. The molecule has 90 valence electrons. The summed E-state index contributed by atoms with van der Waals surface area (Å²) in [6, 6.07) is 8.21. The van der Waals surface area contributed by atoms with Gasteiger partial charge in [-0.1, -0.05) is 12.1 Å². The molecule has 4 nitrogen and oxygen atoms in total. The number of halogens is 1. The van der Waals surface area contributed by atoms with Crippen LogP contribution in [0.25, 0.3) is 5.69 Å². The van der Waals surface area contributed by atoms with E-state index in [2.05, 4.69) is 57.3 Å². The van der Waals surface area contributed by atoms with Gasteiger partial charge in [-0.3, -0.25) is 0 Å². The molecule has 1 heterocycles. The molecule has 1 aromatic heterocycles. The predicted molar refractivity (Wildman–Crippen MR) is 76.1 cm³/mol. The van der Waals surface area contributed by atoms with Gasteiger partial charge in [0.05, 0.1) is 17.6 Å². The SMILES string of the molecule is CCCNCc1cn(-c2ccc(I)cc2)nn1. The highest BCUT2D eigenvalue weighted by Crippen LogP contribution is 2.10. The third kappa shape index (κ3) is 3.50. The number of aromatic nitrogens is 3. The van der Waals surface area contributed by atoms with Crippen molar-refractivity contribution in [2.45, 2.75) is 19.9 Å². The molecule has 0 saturated heterocycles. The summed E-state index contributed by atoms with van der Waals surface area (Å²) in [7, 11) is 0. The molecule has 0 atom stereocenters. The van der Waals surface area contributed by atoms with Crippen LogP contribution in [0.1, 0.15) is 19.0 Å². The Morgan fingerprint density at radius 2 is 2.06 bits per heavy atom. The van der Waals surface area contributed by atoms with E-state index in [9.17, 15) is 0 Å². The Labute approximate surface area is 115 Å². The van der Waals surface area contributed by atoms with Gasteiger partial charge in [-0.2, -0.15) is 0 Å². The topological polar surface area (TPSA) is 42.7 Å². The van der Waals surface area contributed by atoms with E-state index >= 15 is 0 Å². The molecule has 0 bridgehead atoms. The lowest BCUT2D eigenvalue weighted by molar-refractivity contribution is 0.662. The summed E-state index contributed by atoms with van der Waals surface area (Å²) in [6.07, 6.45) is 3.09. The molecule has 0 fully saturated rings. The molecule has 1 aromatic carbocycles. The fourth-order valence-electron chi connectivity index (χ4n) is 1.49. The minimum Gasteiger partial charge on any atom is -0.311 e. The monoisotopic (exact) mass is 342 g/mol. The maximum Gasteiger partial charge on any atom is 0.0969 e. The Morgan fingerprint density at radius 1 is 1.29 bits per heavy atom. The van der Waals surface area contributed by atoms with Crippen LogP contribution >= 0.6 is 22.6 Å². The molecule has 0 amide bonds. The molecule has 2 rings (SSSR count). The van der Waals surface area contributed by atoms with Crippen molar-refractivity contribution in [2.24, 2.45) is 0 Å². The van der Waals surface area contributed by atoms with Crippen LogP contribution in [0.2, 0.25) is 0 Å². The van der Waals surface area contributed by atoms with E-state index in [0.717, 1.165) is 30.9 Å². The summed E-state index contributed by atoms with van der Waals surface area (Å²) in [5, 5.41) is 11.6. The summed E-state index contributed by atoms with van der Waals surface area (Å²) in [4.78, 5) is 0. The highest BCUT2D eigenvalue weighted by molar-refractivity contribution is 14.1. The van der Waals surface area contributed by atoms with Gasteiger partial charge < -0.3 is 5.32 Å². The van der Waals surface area contributed by atoms with Crippen molar-refractivity contribution in [3.63, 3.8) is 0 Å². The lowest BCUT2D eigenvalue weighted by atomic mass is 10.3. The van der Waals surface area contributed by atoms with Crippen LogP contribution in [-0.2, 0) is 6.54 Å². The largest absolute Gasteiger partial charge is 0.311 e. The van der Waals surface area contributed by atoms with Gasteiger partial charge in [0.1, 0.15) is 0 Å². The molecular weight excluding hydrogens is 327 g/mol. The summed E-state index contributed by atoms with van der Waals surface area (Å²) in [5.74, 6) is 0. The fourth-order valence-corrected chi connectivity index (χ4v) is 1.85. The van der Waals surface area contributed by atoms with Gasteiger partial charge in [0.25, 0.3) is 0 Å². The number of hydrogen-bond acceptors (Lipinski definition) is 3. The average Bonchev–Trinajstić information content (AvgIpc) is 2.79. The zero-order valence-corrected chi connectivity index (χ0v) is 11.9. The highest BCUT2D eigenvalue weighted by atomic mass is 127. The first-order valence-electron chi connectivity index (χ1n) is 5.67. The van der Waals surface area contributed by atoms with Crippen LogP contribution in [0.4, 0.5) is 0 Å². The minimum absolute atomic E-state index is 0.776. The van der Waals surface area contributed by atoms with Crippen molar-refractivity contribution < 1.29 is 0 Å². The van der Waals surface area contributed by atoms with Gasteiger partial charge in [0, 0.05) is 10.1 Å². The molecule has 0 spiro atoms. The third-order valence-electron chi connectivity index (χ3n) is 2.36. The van der Waals surface area contributed by atoms with E-state index in [4.69, 9.17) is 0 Å². The number of rotatable bonds is 5. The van der Waals surface area contributed by atoms with Crippen molar-refractivity contribution in [3.8, 4) is 5.69 Å². The summed E-state index contributed by atoms with van der Waals surface area (Å²) >= 11 is 2.29. The predicted octanol–water partition coefficient (Wildman–Crippen LogP) is 2.37. The smallest absolute Gasteiger partial charge is 0.0969 e. The Hall–Kier alpha value is -0.950. The molecule has 0 aliphatic rings. The van der Waals surface area contributed by atoms with Gasteiger partial charge in [0.2, 0.25) is 0 Å². The van der Waals surface area contributed by atoms with E-state index in [1.807, 2.05) is 18.3 Å². The molecule has 5 heteroatoms. The second-order valence-electron chi connectivity index (χ2n) is 3.81. The van der Waals surface area contributed by atoms with Crippen molar-refractivity contribution in [3.05, 3.63) is 39.7 Å². The van der Waals surface area contributed by atoms with E-state index < -0.39 is 0 Å². The summed E-state index contributed by atoms with van der Waals surface area (Å²) in [6.45, 7) is 3.93. The van der Waals surface area contributed by atoms with E-state index in [-0.39, 0.29) is 0 Å². The third-order valence-corrected chi connectivity index (χ3v) is 3.08. The first-order chi connectivity index (χ1) is 8.29. The Balaban J connectivity index is 2.04. The quantitative estimate of drug-likeness (QED) is 0.670. The van der Waals surface area contributed by atoms with Gasteiger partial charge in [-0.05, 0) is 59.8 Å². The summed E-state index contributed by atoms with van der Waals surface area (Å²) in [5.41, 5.74) is 2.01. The molecule has 1 N–H and O–H groups in total. The van der Waals surface area contributed by atoms with Gasteiger partial charge >= 0.3 is 0 Å². The lowest BCUT2D eigenvalue weighted by Gasteiger charge is -1.99. The molecule has 2 aromatic rings. The Bertz CT molecular complexity index is 464. The maximum absolute atomic E-state index is 4.14. The number of nitrogens with one attached hydrogen (secondary N) is 1. The van der Waals surface area contributed by atoms with Crippen LogP contribution in [-0.4, -0.2) is 21.5 Å². The van der Waals surface area contributed by atoms with Crippen molar-refractivity contribution >= 4 is 22.6 Å². The van der Waals surface area contributed by atoms with E-state index in [1.54, 1.807) is 4.68 Å². The van der Waals surface area contributed by atoms with Crippen LogP contribution in [0, 0.1) is 3.57 Å². The number of nitrogens with zero attached hydrogens (tertiary/aromatic N) is 3. The second kappa shape index (κ2) is 6.11. The molecule has 0 aliphatic heterocycles. The molecule has 0 unspecified atom stereocenters. The molecule has 0 saturated carbocycles. The lowest BCUT2D eigenvalue weighted by Crippen LogP contribution is -2.13. The van der Waals surface area contributed by atoms with Crippen molar-refractivity contribution in [1.29, 1.82) is 0 Å². The highest BCUT2D eigenvalue weighted by Gasteiger charge is 2.01. The van der Waals surface area contributed by atoms with Gasteiger partial charge in [-0.15, -0.1) is 5.10 Å².